The van der Waals surface area contributed by atoms with Gasteiger partial charge in [-0.25, -0.2) is 0 Å². The molecule has 0 radical (unpaired) electrons. The monoisotopic (exact) mass is 154 g/mol. The Labute approximate surface area is 69.1 Å². The number of aliphatic hydroxyl groups excluding tert-OH is 1. The quantitative estimate of drug-likeness (QED) is 0.606. The van der Waals surface area contributed by atoms with Gasteiger partial charge in [0.05, 0.1) is 0 Å². The average Bonchev–Trinajstić information content (AvgIpc) is 1.96. The van der Waals surface area contributed by atoms with Crippen LogP contribution in [0.1, 0.15) is 39.0 Å². The molecule has 0 aromatic rings. The first-order valence-electron chi connectivity index (χ1n) is 4.48. The van der Waals surface area contributed by atoms with Gasteiger partial charge in [0.1, 0.15) is 0 Å². The van der Waals surface area contributed by atoms with E-state index >= 15 is 0 Å². The minimum absolute atomic E-state index is 0.243. The third-order valence-electron chi connectivity index (χ3n) is 2.97. The molecule has 0 aliphatic heterocycles. The number of allylic oxidation sites excluding steroid dienone is 1. The van der Waals surface area contributed by atoms with E-state index in [0.29, 0.717) is 6.61 Å². The Balaban J connectivity index is 2.57. The molecule has 1 heteroatoms. The zero-order chi connectivity index (χ0) is 8.32. The summed E-state index contributed by atoms with van der Waals surface area (Å²) in [6.07, 6.45) is 5.87. The van der Waals surface area contributed by atoms with Gasteiger partial charge in [-0.2, -0.15) is 0 Å². The third-order valence-corrected chi connectivity index (χ3v) is 2.97. The van der Waals surface area contributed by atoms with E-state index in [1.54, 1.807) is 0 Å². The molecule has 1 atom stereocenters. The van der Waals surface area contributed by atoms with Crippen LogP contribution in [0.5, 0.6) is 0 Å². The highest BCUT2D eigenvalue weighted by Crippen LogP contribution is 2.41. The van der Waals surface area contributed by atoms with Gasteiger partial charge in [0.2, 0.25) is 0 Å². The molecule has 1 nitrogen and oxygen atoms in total. The minimum atomic E-state index is 0.243. The number of rotatable bonds is 2. The Kier molecular flexibility index (Phi) is 2.72. The molecule has 1 fully saturated rings. The van der Waals surface area contributed by atoms with Crippen molar-refractivity contribution in [2.75, 3.05) is 6.61 Å². The van der Waals surface area contributed by atoms with Gasteiger partial charge in [-0.3, -0.25) is 0 Å². The van der Waals surface area contributed by atoms with Crippen molar-refractivity contribution in [1.82, 2.24) is 0 Å². The molecule has 11 heavy (non-hydrogen) atoms. The summed E-state index contributed by atoms with van der Waals surface area (Å²) in [6, 6.07) is 0. The van der Waals surface area contributed by atoms with Crippen LogP contribution in [0.25, 0.3) is 0 Å². The van der Waals surface area contributed by atoms with Gasteiger partial charge < -0.3 is 5.11 Å². The maximum Gasteiger partial charge on any atom is 0.0439 e. The normalized spacial score (nSPS) is 32.4. The van der Waals surface area contributed by atoms with Crippen molar-refractivity contribution in [2.24, 2.45) is 5.41 Å². The zero-order valence-electron chi connectivity index (χ0n) is 7.40. The van der Waals surface area contributed by atoms with Gasteiger partial charge in [0, 0.05) is 6.61 Å². The maximum atomic E-state index is 8.86. The summed E-state index contributed by atoms with van der Waals surface area (Å²) in [5.74, 6) is 0. The topological polar surface area (TPSA) is 20.2 Å². The Morgan fingerprint density at radius 3 is 2.82 bits per heavy atom. The van der Waals surface area contributed by atoms with Crippen LogP contribution in [0, 0.1) is 5.41 Å². The lowest BCUT2D eigenvalue weighted by molar-refractivity contribution is 0.196. The Morgan fingerprint density at radius 2 is 2.27 bits per heavy atom. The Morgan fingerprint density at radius 1 is 1.55 bits per heavy atom. The van der Waals surface area contributed by atoms with E-state index in [-0.39, 0.29) is 5.41 Å². The van der Waals surface area contributed by atoms with E-state index in [1.807, 2.05) is 0 Å². The second kappa shape index (κ2) is 3.40. The molecule has 0 amide bonds. The highest BCUT2D eigenvalue weighted by molar-refractivity contribution is 5.10. The molecular formula is C10H18O. The highest BCUT2D eigenvalue weighted by Gasteiger charge is 2.29. The molecule has 1 N–H and O–H groups in total. The van der Waals surface area contributed by atoms with Gasteiger partial charge >= 0.3 is 0 Å². The number of aliphatic hydroxyl groups is 1. The molecule has 0 aromatic heterocycles. The average molecular weight is 154 g/mol. The fourth-order valence-electron chi connectivity index (χ4n) is 1.88. The van der Waals surface area contributed by atoms with Crippen LogP contribution in [0.3, 0.4) is 0 Å². The van der Waals surface area contributed by atoms with Crippen molar-refractivity contribution < 1.29 is 5.11 Å². The van der Waals surface area contributed by atoms with Crippen LogP contribution in [-0.4, -0.2) is 11.7 Å². The van der Waals surface area contributed by atoms with Crippen molar-refractivity contribution in [1.29, 1.82) is 0 Å². The van der Waals surface area contributed by atoms with Gasteiger partial charge in [0.15, 0.2) is 0 Å². The molecule has 1 unspecified atom stereocenters. The summed E-state index contributed by atoms with van der Waals surface area (Å²) in [4.78, 5) is 0. The van der Waals surface area contributed by atoms with Gasteiger partial charge in [-0.05, 0) is 31.1 Å². The number of hydrogen-bond donors (Lipinski definition) is 1. The predicted molar refractivity (Wildman–Crippen MR) is 47.4 cm³/mol. The minimum Gasteiger partial charge on any atom is -0.396 e. The van der Waals surface area contributed by atoms with E-state index < -0.39 is 0 Å². The van der Waals surface area contributed by atoms with Crippen LogP contribution < -0.4 is 0 Å². The highest BCUT2D eigenvalue weighted by atomic mass is 16.3. The molecule has 64 valence electrons. The zero-order valence-corrected chi connectivity index (χ0v) is 7.40. The van der Waals surface area contributed by atoms with Crippen LogP contribution in [0.2, 0.25) is 0 Å². The molecule has 0 saturated heterocycles. The maximum absolute atomic E-state index is 8.86. The summed E-state index contributed by atoms with van der Waals surface area (Å²) in [5.41, 5.74) is 1.59. The number of hydrogen-bond acceptors (Lipinski definition) is 1. The molecule has 0 aromatic carbocycles. The fourth-order valence-corrected chi connectivity index (χ4v) is 1.88. The molecule has 1 rings (SSSR count). The van der Waals surface area contributed by atoms with E-state index in [9.17, 15) is 0 Å². The fraction of sp³-hybridized carbons (Fsp3) is 0.800. The second-order valence-corrected chi connectivity index (χ2v) is 3.84. The summed E-state index contributed by atoms with van der Waals surface area (Å²) in [5, 5.41) is 8.86. The third kappa shape index (κ3) is 1.84. The van der Waals surface area contributed by atoms with Crippen molar-refractivity contribution >= 4 is 0 Å². The standard InChI is InChI=1S/C10H18O/c1-9-5-3-4-6-10(9,2)7-8-11/h11H,1,3-8H2,2H3. The lowest BCUT2D eigenvalue weighted by Crippen LogP contribution is -2.23. The molecular weight excluding hydrogens is 136 g/mol. The van der Waals surface area contributed by atoms with Crippen molar-refractivity contribution in [3.63, 3.8) is 0 Å². The molecule has 0 bridgehead atoms. The van der Waals surface area contributed by atoms with Crippen molar-refractivity contribution in [3.8, 4) is 0 Å². The molecule has 0 heterocycles. The van der Waals surface area contributed by atoms with Crippen LogP contribution >= 0.6 is 0 Å². The van der Waals surface area contributed by atoms with Crippen LogP contribution in [0.4, 0.5) is 0 Å². The largest absolute Gasteiger partial charge is 0.396 e. The smallest absolute Gasteiger partial charge is 0.0439 e. The van der Waals surface area contributed by atoms with Crippen molar-refractivity contribution in [2.45, 2.75) is 39.0 Å². The van der Waals surface area contributed by atoms with Gasteiger partial charge in [-0.15, -0.1) is 0 Å². The van der Waals surface area contributed by atoms with Crippen LogP contribution in [-0.2, 0) is 0 Å². The molecule has 1 aliphatic rings. The van der Waals surface area contributed by atoms with E-state index in [4.69, 9.17) is 5.11 Å². The first kappa shape index (κ1) is 8.79. The van der Waals surface area contributed by atoms with Gasteiger partial charge in [-0.1, -0.05) is 25.5 Å². The Bertz CT molecular complexity index is 147. The van der Waals surface area contributed by atoms with Gasteiger partial charge in [0.25, 0.3) is 0 Å². The molecule has 1 saturated carbocycles. The lowest BCUT2D eigenvalue weighted by atomic mass is 9.70. The summed E-state index contributed by atoms with van der Waals surface area (Å²) in [7, 11) is 0. The first-order chi connectivity index (χ1) is 5.19. The van der Waals surface area contributed by atoms with E-state index in [0.717, 1.165) is 12.8 Å². The molecule has 1 aliphatic carbocycles. The first-order valence-corrected chi connectivity index (χ1v) is 4.48. The SMILES string of the molecule is C=C1CCCCC1(C)CCO. The summed E-state index contributed by atoms with van der Waals surface area (Å²) in [6.45, 7) is 6.60. The molecule has 0 spiro atoms. The lowest BCUT2D eigenvalue weighted by Gasteiger charge is -2.35. The van der Waals surface area contributed by atoms with Crippen LogP contribution in [0.15, 0.2) is 12.2 Å². The van der Waals surface area contributed by atoms with Crippen molar-refractivity contribution in [3.05, 3.63) is 12.2 Å². The van der Waals surface area contributed by atoms with E-state index in [2.05, 4.69) is 13.5 Å². The second-order valence-electron chi connectivity index (χ2n) is 3.84. The van der Waals surface area contributed by atoms with E-state index in [1.165, 1.54) is 24.8 Å². The summed E-state index contributed by atoms with van der Waals surface area (Å²) >= 11 is 0. The predicted octanol–water partition coefficient (Wildman–Crippen LogP) is 2.51. The Hall–Kier alpha value is -0.300. The summed E-state index contributed by atoms with van der Waals surface area (Å²) < 4.78 is 0.